The number of halogens is 2. The smallest absolute Gasteiger partial charge is 0.259 e. The minimum absolute atomic E-state index is 0.194. The molecule has 174 valence electrons. The minimum Gasteiger partial charge on any atom is -0.310 e. The zero-order chi connectivity index (χ0) is 24.5. The molecule has 1 aromatic heterocycles. The van der Waals surface area contributed by atoms with E-state index in [0.717, 1.165) is 11.3 Å². The van der Waals surface area contributed by atoms with Crippen molar-refractivity contribution < 1.29 is 9.59 Å². The lowest BCUT2D eigenvalue weighted by molar-refractivity contribution is -0.118. The van der Waals surface area contributed by atoms with Crippen LogP contribution < -0.4 is 10.2 Å². The molecule has 2 heterocycles. The standard InChI is InChI=1S/C28H21Cl2N3O2/c1-17-5-4-8-24(31-17)32-27(34)25-22-6-2-3-7-23(22)28(35)33(21-15-13-20(30)14-16-21)26(25)18-9-11-19(29)12-10-18/h2-16,25-26H,1H3,(H,31,32,34)/t25-,26+/m0/s1. The largest absolute Gasteiger partial charge is 0.310 e. The Labute approximate surface area is 213 Å². The summed E-state index contributed by atoms with van der Waals surface area (Å²) >= 11 is 12.3. The second-order valence-corrected chi connectivity index (χ2v) is 9.24. The number of anilines is 2. The summed E-state index contributed by atoms with van der Waals surface area (Å²) in [7, 11) is 0. The summed E-state index contributed by atoms with van der Waals surface area (Å²) in [6.07, 6.45) is 0. The lowest BCUT2D eigenvalue weighted by Gasteiger charge is -2.41. The highest BCUT2D eigenvalue weighted by atomic mass is 35.5. The SMILES string of the molecule is Cc1cccc(NC(=O)[C@H]2c3ccccc3C(=O)N(c3ccc(Cl)cc3)[C@@H]2c2ccc(Cl)cc2)n1. The van der Waals surface area contributed by atoms with E-state index in [1.54, 1.807) is 59.5 Å². The van der Waals surface area contributed by atoms with Gasteiger partial charge < -0.3 is 5.32 Å². The molecule has 0 spiro atoms. The van der Waals surface area contributed by atoms with E-state index in [1.807, 2.05) is 43.3 Å². The van der Waals surface area contributed by atoms with Crippen molar-refractivity contribution in [1.29, 1.82) is 0 Å². The van der Waals surface area contributed by atoms with Gasteiger partial charge in [-0.3, -0.25) is 14.5 Å². The van der Waals surface area contributed by atoms with Crippen LogP contribution in [0.1, 0.15) is 39.1 Å². The van der Waals surface area contributed by atoms with Crippen molar-refractivity contribution in [2.45, 2.75) is 18.9 Å². The third kappa shape index (κ3) is 4.53. The average Bonchev–Trinajstić information content (AvgIpc) is 2.85. The van der Waals surface area contributed by atoms with Crippen LogP contribution in [0.2, 0.25) is 10.0 Å². The van der Waals surface area contributed by atoms with Gasteiger partial charge in [-0.15, -0.1) is 0 Å². The number of benzene rings is 3. The quantitative estimate of drug-likeness (QED) is 0.333. The molecule has 0 unspecified atom stereocenters. The van der Waals surface area contributed by atoms with Gasteiger partial charge in [-0.1, -0.05) is 59.6 Å². The summed E-state index contributed by atoms with van der Waals surface area (Å²) in [4.78, 5) is 33.8. The topological polar surface area (TPSA) is 62.3 Å². The van der Waals surface area contributed by atoms with E-state index in [-0.39, 0.29) is 11.8 Å². The van der Waals surface area contributed by atoms with Crippen LogP contribution in [0.3, 0.4) is 0 Å². The van der Waals surface area contributed by atoms with Crippen molar-refractivity contribution in [3.8, 4) is 0 Å². The van der Waals surface area contributed by atoms with Crippen LogP contribution in [0.15, 0.2) is 91.0 Å². The molecule has 1 aliphatic rings. The van der Waals surface area contributed by atoms with Gasteiger partial charge in [-0.2, -0.15) is 0 Å². The van der Waals surface area contributed by atoms with E-state index < -0.39 is 12.0 Å². The predicted molar refractivity (Wildman–Crippen MR) is 139 cm³/mol. The van der Waals surface area contributed by atoms with Crippen molar-refractivity contribution >= 4 is 46.5 Å². The first-order chi connectivity index (χ1) is 16.9. The van der Waals surface area contributed by atoms with Gasteiger partial charge in [0.1, 0.15) is 5.82 Å². The number of carbonyl (C=O) groups excluding carboxylic acids is 2. The third-order valence-corrected chi connectivity index (χ3v) is 6.58. The zero-order valence-electron chi connectivity index (χ0n) is 18.8. The fourth-order valence-corrected chi connectivity index (χ4v) is 4.77. The van der Waals surface area contributed by atoms with E-state index >= 15 is 0 Å². The number of nitrogens with one attached hydrogen (secondary N) is 1. The molecule has 0 saturated heterocycles. The summed E-state index contributed by atoms with van der Waals surface area (Å²) in [5, 5.41) is 4.09. The van der Waals surface area contributed by atoms with Crippen molar-refractivity contribution in [2.75, 3.05) is 10.2 Å². The third-order valence-electron chi connectivity index (χ3n) is 6.08. The maximum absolute atomic E-state index is 13.9. The maximum Gasteiger partial charge on any atom is 0.259 e. The Morgan fingerprint density at radius 1 is 0.857 bits per heavy atom. The maximum atomic E-state index is 13.9. The predicted octanol–water partition coefficient (Wildman–Crippen LogP) is 6.82. The molecule has 1 N–H and O–H groups in total. The van der Waals surface area contributed by atoms with Gasteiger partial charge in [0.25, 0.3) is 5.91 Å². The molecule has 0 fully saturated rings. The van der Waals surface area contributed by atoms with Crippen molar-refractivity contribution in [2.24, 2.45) is 0 Å². The molecular weight excluding hydrogens is 481 g/mol. The summed E-state index contributed by atoms with van der Waals surface area (Å²) in [5.41, 5.74) is 3.35. The van der Waals surface area contributed by atoms with E-state index in [9.17, 15) is 9.59 Å². The number of hydrogen-bond acceptors (Lipinski definition) is 3. The normalized spacial score (nSPS) is 17.1. The van der Waals surface area contributed by atoms with E-state index in [0.29, 0.717) is 32.7 Å². The molecule has 2 amide bonds. The summed E-state index contributed by atoms with van der Waals surface area (Å²) in [6.45, 7) is 1.86. The van der Waals surface area contributed by atoms with E-state index in [1.165, 1.54) is 0 Å². The highest BCUT2D eigenvalue weighted by Gasteiger charge is 2.45. The van der Waals surface area contributed by atoms with Crippen molar-refractivity contribution in [3.05, 3.63) is 123 Å². The second-order valence-electron chi connectivity index (χ2n) is 8.37. The lowest BCUT2D eigenvalue weighted by Crippen LogP contribution is -2.46. The summed E-state index contributed by atoms with van der Waals surface area (Å²) < 4.78 is 0. The number of hydrogen-bond donors (Lipinski definition) is 1. The molecule has 1 aliphatic heterocycles. The molecule has 0 radical (unpaired) electrons. The Morgan fingerprint density at radius 3 is 2.20 bits per heavy atom. The van der Waals surface area contributed by atoms with Gasteiger partial charge in [0.05, 0.1) is 12.0 Å². The first kappa shape index (κ1) is 23.1. The van der Waals surface area contributed by atoms with Crippen LogP contribution in [-0.2, 0) is 4.79 Å². The Balaban J connectivity index is 1.69. The fraction of sp³-hybridized carbons (Fsp3) is 0.107. The number of carbonyl (C=O) groups is 2. The molecule has 5 rings (SSSR count). The van der Waals surface area contributed by atoms with E-state index in [4.69, 9.17) is 23.2 Å². The minimum atomic E-state index is -0.705. The zero-order valence-corrected chi connectivity index (χ0v) is 20.3. The number of aryl methyl sites for hydroxylation is 1. The van der Waals surface area contributed by atoms with Gasteiger partial charge >= 0.3 is 0 Å². The Hall–Kier alpha value is -3.67. The Bertz CT molecular complexity index is 1400. The van der Waals surface area contributed by atoms with Crippen molar-refractivity contribution in [3.63, 3.8) is 0 Å². The van der Waals surface area contributed by atoms with Crippen LogP contribution in [0, 0.1) is 6.92 Å². The summed E-state index contributed by atoms with van der Waals surface area (Å²) in [5.74, 6) is -0.706. The highest BCUT2D eigenvalue weighted by Crippen LogP contribution is 2.45. The van der Waals surface area contributed by atoms with Crippen LogP contribution in [-0.4, -0.2) is 16.8 Å². The monoisotopic (exact) mass is 501 g/mol. The number of fused-ring (bicyclic) bond motifs is 1. The van der Waals surface area contributed by atoms with Crippen LogP contribution in [0.25, 0.3) is 0 Å². The molecule has 5 nitrogen and oxygen atoms in total. The van der Waals surface area contributed by atoms with Gasteiger partial charge in [0.15, 0.2) is 0 Å². The average molecular weight is 502 g/mol. The second kappa shape index (κ2) is 9.53. The van der Waals surface area contributed by atoms with Crippen LogP contribution >= 0.6 is 23.2 Å². The van der Waals surface area contributed by atoms with Gasteiger partial charge in [0, 0.05) is 27.0 Å². The molecule has 0 bridgehead atoms. The molecule has 7 heteroatoms. The Kier molecular flexibility index (Phi) is 6.29. The lowest BCUT2D eigenvalue weighted by atomic mass is 9.79. The fourth-order valence-electron chi connectivity index (χ4n) is 4.52. The number of aromatic nitrogens is 1. The number of rotatable bonds is 4. The number of amides is 2. The molecule has 0 saturated carbocycles. The van der Waals surface area contributed by atoms with Crippen LogP contribution in [0.4, 0.5) is 11.5 Å². The first-order valence-corrected chi connectivity index (χ1v) is 11.9. The molecule has 0 aliphatic carbocycles. The van der Waals surface area contributed by atoms with Crippen LogP contribution in [0.5, 0.6) is 0 Å². The number of pyridine rings is 1. The molecular formula is C28H21Cl2N3O2. The van der Waals surface area contributed by atoms with Gasteiger partial charge in [-0.05, 0) is 72.6 Å². The highest BCUT2D eigenvalue weighted by molar-refractivity contribution is 6.31. The van der Waals surface area contributed by atoms with Crippen molar-refractivity contribution in [1.82, 2.24) is 4.98 Å². The van der Waals surface area contributed by atoms with Gasteiger partial charge in [-0.25, -0.2) is 4.98 Å². The molecule has 2 atom stereocenters. The molecule has 4 aromatic rings. The van der Waals surface area contributed by atoms with Gasteiger partial charge in [0.2, 0.25) is 5.91 Å². The molecule has 35 heavy (non-hydrogen) atoms. The first-order valence-electron chi connectivity index (χ1n) is 11.1. The summed E-state index contributed by atoms with van der Waals surface area (Å²) in [6, 6.07) is 26.3. The Morgan fingerprint density at radius 2 is 1.51 bits per heavy atom. The molecule has 3 aromatic carbocycles. The van der Waals surface area contributed by atoms with E-state index in [2.05, 4.69) is 10.3 Å². The number of nitrogens with zero attached hydrogens (tertiary/aromatic N) is 2.